The molecule has 6 aromatic rings. The van der Waals surface area contributed by atoms with Gasteiger partial charge in [0, 0.05) is 0 Å². The molecule has 0 aliphatic rings. The van der Waals surface area contributed by atoms with E-state index >= 15 is 0 Å². The van der Waals surface area contributed by atoms with Crippen molar-refractivity contribution in [1.29, 1.82) is 0 Å². The Bertz CT molecular complexity index is 2150. The van der Waals surface area contributed by atoms with Crippen molar-refractivity contribution in [3.63, 3.8) is 0 Å². The van der Waals surface area contributed by atoms with Crippen molar-refractivity contribution in [3.8, 4) is 22.3 Å². The summed E-state index contributed by atoms with van der Waals surface area (Å²) in [5, 5.41) is 0. The first kappa shape index (κ1) is 30.3. The van der Waals surface area contributed by atoms with Crippen LogP contribution in [0.1, 0.15) is 22.3 Å². The first-order chi connectivity index (χ1) is 21.6. The van der Waals surface area contributed by atoms with Crippen molar-refractivity contribution in [1.82, 2.24) is 0 Å². The Morgan fingerprint density at radius 1 is 0.333 bits per heavy atom. The summed E-state index contributed by atoms with van der Waals surface area (Å²) in [6, 6.07) is 44.0. The lowest BCUT2D eigenvalue weighted by molar-refractivity contribution is 0.594. The highest BCUT2D eigenvalue weighted by Crippen LogP contribution is 2.28. The van der Waals surface area contributed by atoms with Crippen LogP contribution >= 0.6 is 0 Å². The number of sulfone groups is 2. The molecule has 0 saturated heterocycles. The zero-order valence-corrected chi connectivity index (χ0v) is 26.6. The lowest BCUT2D eigenvalue weighted by Crippen LogP contribution is -2.02. The molecular formula is C39H32O4S2. The van der Waals surface area contributed by atoms with E-state index in [4.69, 9.17) is 0 Å². The first-order valence-corrected chi connectivity index (χ1v) is 17.6. The van der Waals surface area contributed by atoms with Gasteiger partial charge in [0.2, 0.25) is 19.7 Å². The van der Waals surface area contributed by atoms with Gasteiger partial charge in [0.05, 0.1) is 19.6 Å². The lowest BCUT2D eigenvalue weighted by Gasteiger charge is -2.09. The fraction of sp³-hybridized carbons (Fsp3) is 0.0769. The molecule has 6 aromatic carbocycles. The molecule has 45 heavy (non-hydrogen) atoms. The van der Waals surface area contributed by atoms with Gasteiger partial charge in [0.1, 0.15) is 0 Å². The summed E-state index contributed by atoms with van der Waals surface area (Å²) in [6.07, 6.45) is 0.703. The topological polar surface area (TPSA) is 68.3 Å². The second-order valence-electron chi connectivity index (χ2n) is 11.3. The van der Waals surface area contributed by atoms with Crippen molar-refractivity contribution >= 4 is 19.7 Å². The summed E-state index contributed by atoms with van der Waals surface area (Å²) in [7, 11) is -7.33. The molecule has 6 heteroatoms. The van der Waals surface area contributed by atoms with Gasteiger partial charge in [0.15, 0.2) is 0 Å². The minimum atomic E-state index is -3.71. The van der Waals surface area contributed by atoms with Crippen molar-refractivity contribution < 1.29 is 16.8 Å². The molecule has 224 valence electrons. The highest BCUT2D eigenvalue weighted by Gasteiger charge is 2.19. The summed E-state index contributed by atoms with van der Waals surface area (Å²) in [4.78, 5) is 0.886. The van der Waals surface area contributed by atoms with Gasteiger partial charge in [-0.25, -0.2) is 16.8 Å². The van der Waals surface area contributed by atoms with Gasteiger partial charge in [-0.15, -0.1) is 0 Å². The van der Waals surface area contributed by atoms with Crippen LogP contribution in [0.2, 0.25) is 0 Å². The average Bonchev–Trinajstić information content (AvgIpc) is 3.06. The van der Waals surface area contributed by atoms with E-state index in [9.17, 15) is 16.8 Å². The minimum Gasteiger partial charge on any atom is -0.219 e. The quantitative estimate of drug-likeness (QED) is 0.169. The van der Waals surface area contributed by atoms with Crippen molar-refractivity contribution in [3.05, 3.63) is 168 Å². The molecule has 0 aromatic heterocycles. The molecule has 0 unspecified atom stereocenters. The summed E-state index contributed by atoms with van der Waals surface area (Å²) in [5.74, 6) is 0. The van der Waals surface area contributed by atoms with Gasteiger partial charge >= 0.3 is 0 Å². The van der Waals surface area contributed by atoms with Crippen LogP contribution in [-0.4, -0.2) is 16.8 Å². The predicted octanol–water partition coefficient (Wildman–Crippen LogP) is 8.89. The summed E-state index contributed by atoms with van der Waals surface area (Å²) < 4.78 is 52.8. The maximum atomic E-state index is 13.4. The Morgan fingerprint density at radius 2 is 0.556 bits per heavy atom. The molecule has 0 spiro atoms. The molecule has 0 bridgehead atoms. The van der Waals surface area contributed by atoms with Crippen LogP contribution < -0.4 is 0 Å². The minimum absolute atomic E-state index is 0.198. The Labute approximate surface area is 265 Å². The number of hydrogen-bond donors (Lipinski definition) is 0. The second-order valence-corrected chi connectivity index (χ2v) is 15.2. The van der Waals surface area contributed by atoms with Crippen LogP contribution in [0.15, 0.2) is 165 Å². The molecule has 0 aliphatic carbocycles. The molecular weight excluding hydrogens is 597 g/mol. The lowest BCUT2D eigenvalue weighted by atomic mass is 10.00. The Balaban J connectivity index is 1.13. The third kappa shape index (κ3) is 6.53. The van der Waals surface area contributed by atoms with E-state index in [2.05, 4.69) is 55.5 Å². The molecule has 4 nitrogen and oxygen atoms in total. The normalized spacial score (nSPS) is 11.8. The standard InChI is InChI=1S/C39H32O4S2/c1-28-3-11-32(12-4-28)33-13-7-30(8-14-33)27-31-9-21-37(22-10-31)45(42,43)39-25-17-35(18-26-39)34-15-23-38(24-16-34)44(40,41)36-19-5-29(2)6-20-36/h3-26H,27H2,1-2H3. The first-order valence-electron chi connectivity index (χ1n) is 14.6. The number of aryl methyl sites for hydroxylation is 2. The maximum absolute atomic E-state index is 13.4. The van der Waals surface area contributed by atoms with E-state index in [-0.39, 0.29) is 19.6 Å². The Morgan fingerprint density at radius 3 is 0.911 bits per heavy atom. The second kappa shape index (κ2) is 12.3. The summed E-state index contributed by atoms with van der Waals surface area (Å²) in [5.41, 5.74) is 8.32. The van der Waals surface area contributed by atoms with Crippen LogP contribution in [0.25, 0.3) is 22.3 Å². The van der Waals surface area contributed by atoms with Gasteiger partial charge in [-0.2, -0.15) is 0 Å². The van der Waals surface area contributed by atoms with Crippen LogP contribution in [0.4, 0.5) is 0 Å². The highest BCUT2D eigenvalue weighted by atomic mass is 32.2. The monoisotopic (exact) mass is 628 g/mol. The maximum Gasteiger partial charge on any atom is 0.206 e. The molecule has 0 radical (unpaired) electrons. The smallest absolute Gasteiger partial charge is 0.206 e. The largest absolute Gasteiger partial charge is 0.219 e. The third-order valence-electron chi connectivity index (χ3n) is 7.97. The zero-order chi connectivity index (χ0) is 31.6. The number of rotatable bonds is 8. The molecule has 0 amide bonds. The van der Waals surface area contributed by atoms with E-state index in [1.165, 1.54) is 11.1 Å². The third-order valence-corrected chi connectivity index (χ3v) is 11.5. The van der Waals surface area contributed by atoms with Gasteiger partial charge < -0.3 is 0 Å². The van der Waals surface area contributed by atoms with E-state index in [0.717, 1.165) is 33.4 Å². The predicted molar refractivity (Wildman–Crippen MR) is 180 cm³/mol. The van der Waals surface area contributed by atoms with Crippen molar-refractivity contribution in [2.24, 2.45) is 0 Å². The molecule has 0 atom stereocenters. The number of benzene rings is 6. The molecule has 0 N–H and O–H groups in total. The molecule has 0 fully saturated rings. The van der Waals surface area contributed by atoms with Gasteiger partial charge in [-0.3, -0.25) is 0 Å². The highest BCUT2D eigenvalue weighted by molar-refractivity contribution is 7.91. The van der Waals surface area contributed by atoms with Crippen molar-refractivity contribution in [2.75, 3.05) is 0 Å². The zero-order valence-electron chi connectivity index (χ0n) is 25.0. The fourth-order valence-corrected chi connectivity index (χ4v) is 7.75. The summed E-state index contributed by atoms with van der Waals surface area (Å²) >= 11 is 0. The van der Waals surface area contributed by atoms with E-state index in [1.54, 1.807) is 84.9 Å². The van der Waals surface area contributed by atoms with Crippen LogP contribution in [0.5, 0.6) is 0 Å². The molecule has 0 saturated carbocycles. The molecule has 0 heterocycles. The Hall–Kier alpha value is -4.78. The van der Waals surface area contributed by atoms with E-state index in [0.29, 0.717) is 6.42 Å². The fourth-order valence-electron chi connectivity index (χ4n) is 5.23. The van der Waals surface area contributed by atoms with E-state index < -0.39 is 19.7 Å². The van der Waals surface area contributed by atoms with Gasteiger partial charge in [-0.05, 0) is 102 Å². The van der Waals surface area contributed by atoms with Crippen molar-refractivity contribution in [2.45, 2.75) is 39.9 Å². The van der Waals surface area contributed by atoms with Crippen LogP contribution in [0, 0.1) is 13.8 Å². The Kier molecular flexibility index (Phi) is 8.28. The molecule has 0 aliphatic heterocycles. The number of hydrogen-bond acceptors (Lipinski definition) is 4. The van der Waals surface area contributed by atoms with Gasteiger partial charge in [0.25, 0.3) is 0 Å². The SMILES string of the molecule is Cc1ccc(-c2ccc(Cc3ccc(S(=O)(=O)c4ccc(-c5ccc(S(=O)(=O)c6ccc(C)cc6)cc5)cc4)cc3)cc2)cc1. The van der Waals surface area contributed by atoms with Crippen LogP contribution in [0.3, 0.4) is 0 Å². The van der Waals surface area contributed by atoms with Gasteiger partial charge in [-0.1, -0.05) is 108 Å². The van der Waals surface area contributed by atoms with E-state index in [1.807, 2.05) is 19.1 Å². The summed E-state index contributed by atoms with van der Waals surface area (Å²) in [6.45, 7) is 3.98. The average molecular weight is 629 g/mol. The molecule has 6 rings (SSSR count). The van der Waals surface area contributed by atoms with Crippen LogP contribution in [-0.2, 0) is 26.1 Å².